The van der Waals surface area contributed by atoms with Gasteiger partial charge in [0.05, 0.1) is 0 Å². The van der Waals surface area contributed by atoms with Gasteiger partial charge in [0.25, 0.3) is 0 Å². The van der Waals surface area contributed by atoms with Gasteiger partial charge in [0, 0.05) is 29.1 Å². The van der Waals surface area contributed by atoms with Gasteiger partial charge in [0.2, 0.25) is 5.91 Å². The third-order valence-electron chi connectivity index (χ3n) is 3.35. The fourth-order valence-electron chi connectivity index (χ4n) is 2.45. The van der Waals surface area contributed by atoms with Gasteiger partial charge in [-0.2, -0.15) is 0 Å². The molecule has 4 heteroatoms. The van der Waals surface area contributed by atoms with Gasteiger partial charge in [-0.15, -0.1) is 0 Å². The van der Waals surface area contributed by atoms with Crippen LogP contribution >= 0.6 is 11.6 Å². The predicted molar refractivity (Wildman–Crippen MR) is 74.6 cm³/mol. The highest BCUT2D eigenvalue weighted by atomic mass is 35.5. The molecule has 3 nitrogen and oxygen atoms in total. The van der Waals surface area contributed by atoms with E-state index in [-0.39, 0.29) is 17.6 Å². The van der Waals surface area contributed by atoms with Crippen LogP contribution in [0.15, 0.2) is 42.5 Å². The van der Waals surface area contributed by atoms with Gasteiger partial charge in [-0.3, -0.25) is 4.79 Å². The van der Waals surface area contributed by atoms with E-state index in [0.29, 0.717) is 17.1 Å². The number of phenolic OH excluding ortho intramolecular Hbond substituents is 1. The Morgan fingerprint density at radius 3 is 2.63 bits per heavy atom. The van der Waals surface area contributed by atoms with E-state index < -0.39 is 0 Å². The maximum absolute atomic E-state index is 11.8. The normalized spacial score (nSPS) is 17.7. The van der Waals surface area contributed by atoms with E-state index >= 15 is 0 Å². The number of nitrogens with one attached hydrogen (secondary N) is 1. The molecule has 0 spiro atoms. The molecule has 0 bridgehead atoms. The molecule has 1 amide bonds. The molecule has 19 heavy (non-hydrogen) atoms. The maximum atomic E-state index is 11.8. The highest BCUT2D eigenvalue weighted by molar-refractivity contribution is 6.30. The zero-order chi connectivity index (χ0) is 13.4. The van der Waals surface area contributed by atoms with Crippen molar-refractivity contribution in [3.05, 3.63) is 58.6 Å². The van der Waals surface area contributed by atoms with Crippen LogP contribution in [-0.4, -0.2) is 11.0 Å². The smallest absolute Gasteiger partial charge is 0.225 e. The molecule has 0 aliphatic carbocycles. The monoisotopic (exact) mass is 273 g/mol. The minimum Gasteiger partial charge on any atom is -0.508 e. The quantitative estimate of drug-likeness (QED) is 0.835. The lowest BCUT2D eigenvalue weighted by molar-refractivity contribution is -0.116. The van der Waals surface area contributed by atoms with Crippen molar-refractivity contribution in [2.45, 2.75) is 12.3 Å². The summed E-state index contributed by atoms with van der Waals surface area (Å²) in [5.74, 6) is 0.107. The molecule has 2 N–H and O–H groups in total. The number of halogens is 1. The number of hydrogen-bond acceptors (Lipinski definition) is 2. The van der Waals surface area contributed by atoms with E-state index in [1.54, 1.807) is 12.1 Å². The van der Waals surface area contributed by atoms with Gasteiger partial charge in [-0.05, 0) is 29.3 Å². The van der Waals surface area contributed by atoms with Crippen molar-refractivity contribution in [2.75, 3.05) is 5.32 Å². The van der Waals surface area contributed by atoms with Crippen LogP contribution in [-0.2, 0) is 4.79 Å². The Morgan fingerprint density at radius 2 is 1.89 bits per heavy atom. The average Bonchev–Trinajstić information content (AvgIpc) is 2.38. The number of carbonyl (C=O) groups is 1. The zero-order valence-electron chi connectivity index (χ0n) is 10.1. The van der Waals surface area contributed by atoms with Crippen molar-refractivity contribution >= 4 is 23.2 Å². The number of phenols is 1. The SMILES string of the molecule is O=C1C[C@@H](c2ccc(Cl)cc2)c2ccc(O)cc2N1. The largest absolute Gasteiger partial charge is 0.508 e. The van der Waals surface area contributed by atoms with Gasteiger partial charge in [-0.25, -0.2) is 0 Å². The maximum Gasteiger partial charge on any atom is 0.225 e. The molecule has 1 atom stereocenters. The molecule has 0 fully saturated rings. The van der Waals surface area contributed by atoms with Crippen molar-refractivity contribution in [1.82, 2.24) is 0 Å². The summed E-state index contributed by atoms with van der Waals surface area (Å²) in [5.41, 5.74) is 2.74. The molecule has 2 aromatic rings. The summed E-state index contributed by atoms with van der Waals surface area (Å²) in [7, 11) is 0. The van der Waals surface area contributed by atoms with Crippen molar-refractivity contribution in [3.63, 3.8) is 0 Å². The number of hydrogen-bond donors (Lipinski definition) is 2. The summed E-state index contributed by atoms with van der Waals surface area (Å²) >= 11 is 5.89. The molecule has 1 heterocycles. The summed E-state index contributed by atoms with van der Waals surface area (Å²) < 4.78 is 0. The topological polar surface area (TPSA) is 49.3 Å². The minimum absolute atomic E-state index is 0.00150. The summed E-state index contributed by atoms with van der Waals surface area (Å²) in [4.78, 5) is 11.8. The lowest BCUT2D eigenvalue weighted by Gasteiger charge is -2.26. The summed E-state index contributed by atoms with van der Waals surface area (Å²) in [6.07, 6.45) is 0.402. The highest BCUT2D eigenvalue weighted by Gasteiger charge is 2.26. The summed E-state index contributed by atoms with van der Waals surface area (Å²) in [6.45, 7) is 0. The molecule has 0 aromatic heterocycles. The lowest BCUT2D eigenvalue weighted by Crippen LogP contribution is -2.23. The predicted octanol–water partition coefficient (Wildman–Crippen LogP) is 3.52. The van der Waals surface area contributed by atoms with Crippen molar-refractivity contribution in [3.8, 4) is 5.75 Å². The fraction of sp³-hybridized carbons (Fsp3) is 0.133. The van der Waals surface area contributed by atoms with Gasteiger partial charge < -0.3 is 10.4 Å². The van der Waals surface area contributed by atoms with E-state index in [1.165, 1.54) is 0 Å². The first-order valence-electron chi connectivity index (χ1n) is 6.02. The van der Waals surface area contributed by atoms with Crippen LogP contribution in [0.1, 0.15) is 23.5 Å². The first-order chi connectivity index (χ1) is 9.13. The number of benzene rings is 2. The zero-order valence-corrected chi connectivity index (χ0v) is 10.8. The second-order valence-corrected chi connectivity index (χ2v) is 5.06. The molecular weight excluding hydrogens is 262 g/mol. The summed E-state index contributed by atoms with van der Waals surface area (Å²) in [5, 5.41) is 13.0. The standard InChI is InChI=1S/C15H12ClNO2/c16-10-3-1-9(2-4-10)13-8-15(19)17-14-7-11(18)5-6-12(13)14/h1-7,13,18H,8H2,(H,17,19)/t13-/m0/s1. The van der Waals surface area contributed by atoms with Crippen LogP contribution in [0.2, 0.25) is 5.02 Å². The Morgan fingerprint density at radius 1 is 1.16 bits per heavy atom. The Kier molecular flexibility index (Phi) is 2.91. The van der Waals surface area contributed by atoms with Crippen LogP contribution in [0.4, 0.5) is 5.69 Å². The first kappa shape index (κ1) is 12.1. The Balaban J connectivity index is 2.08. The van der Waals surface area contributed by atoms with Crippen LogP contribution in [0.3, 0.4) is 0 Å². The molecule has 0 saturated carbocycles. The van der Waals surface area contributed by atoms with Crippen LogP contribution in [0.5, 0.6) is 5.75 Å². The van der Waals surface area contributed by atoms with Gasteiger partial charge in [0.15, 0.2) is 0 Å². The van der Waals surface area contributed by atoms with E-state index in [0.717, 1.165) is 11.1 Å². The van der Waals surface area contributed by atoms with Crippen molar-refractivity contribution < 1.29 is 9.90 Å². The number of amides is 1. The third kappa shape index (κ3) is 2.29. The number of carbonyl (C=O) groups excluding carboxylic acids is 1. The third-order valence-corrected chi connectivity index (χ3v) is 3.60. The number of aromatic hydroxyl groups is 1. The molecule has 0 unspecified atom stereocenters. The number of anilines is 1. The molecule has 1 aliphatic rings. The molecule has 96 valence electrons. The Hall–Kier alpha value is -2.00. The van der Waals surface area contributed by atoms with Crippen molar-refractivity contribution in [2.24, 2.45) is 0 Å². The minimum atomic E-state index is -0.0435. The molecule has 3 rings (SSSR count). The van der Waals surface area contributed by atoms with Gasteiger partial charge in [-0.1, -0.05) is 29.8 Å². The van der Waals surface area contributed by atoms with Crippen LogP contribution in [0.25, 0.3) is 0 Å². The number of fused-ring (bicyclic) bond motifs is 1. The second-order valence-electron chi connectivity index (χ2n) is 4.63. The Labute approximate surface area is 115 Å². The van der Waals surface area contributed by atoms with Crippen LogP contribution in [0, 0.1) is 0 Å². The van der Waals surface area contributed by atoms with Gasteiger partial charge >= 0.3 is 0 Å². The Bertz CT molecular complexity index is 637. The average molecular weight is 274 g/mol. The van der Waals surface area contributed by atoms with E-state index in [2.05, 4.69) is 5.32 Å². The van der Waals surface area contributed by atoms with Crippen LogP contribution < -0.4 is 5.32 Å². The van der Waals surface area contributed by atoms with Gasteiger partial charge in [0.1, 0.15) is 5.75 Å². The van der Waals surface area contributed by atoms with E-state index in [4.69, 9.17) is 11.6 Å². The molecule has 0 radical (unpaired) electrons. The van der Waals surface area contributed by atoms with E-state index in [9.17, 15) is 9.90 Å². The van der Waals surface area contributed by atoms with E-state index in [1.807, 2.05) is 30.3 Å². The number of rotatable bonds is 1. The second kappa shape index (κ2) is 4.59. The first-order valence-corrected chi connectivity index (χ1v) is 6.39. The fourth-order valence-corrected chi connectivity index (χ4v) is 2.57. The molecule has 0 saturated heterocycles. The highest BCUT2D eigenvalue weighted by Crippen LogP contribution is 2.38. The molecular formula is C15H12ClNO2. The molecule has 1 aliphatic heterocycles. The lowest BCUT2D eigenvalue weighted by atomic mass is 9.85. The molecule has 2 aromatic carbocycles. The summed E-state index contributed by atoms with van der Waals surface area (Å²) in [6, 6.07) is 12.6. The van der Waals surface area contributed by atoms with Crippen molar-refractivity contribution in [1.29, 1.82) is 0 Å².